The van der Waals surface area contributed by atoms with Crippen molar-refractivity contribution in [3.05, 3.63) is 86.4 Å². The smallest absolute Gasteiger partial charge is 0.318 e. The van der Waals surface area contributed by atoms with Crippen molar-refractivity contribution >= 4 is 29.1 Å². The first-order chi connectivity index (χ1) is 14.8. The summed E-state index contributed by atoms with van der Waals surface area (Å²) in [7, 11) is 3.00. The molecule has 31 heavy (non-hydrogen) atoms. The van der Waals surface area contributed by atoms with Crippen LogP contribution >= 0.6 is 11.6 Å². The van der Waals surface area contributed by atoms with Crippen LogP contribution in [-0.4, -0.2) is 27.6 Å². The zero-order valence-electron chi connectivity index (χ0n) is 16.5. The van der Waals surface area contributed by atoms with Gasteiger partial charge < -0.3 is 9.47 Å². The maximum atomic E-state index is 13.2. The Hall–Kier alpha value is -3.72. The van der Waals surface area contributed by atoms with Crippen molar-refractivity contribution in [2.24, 2.45) is 7.05 Å². The standard InChI is InChI=1S/C21H17ClFN3O5/c1-25-11-17(26(28)29)21(24-25)18(27)6-3-13-4-7-19(30-2)14(9-13)12-31-20-8-5-15(23)10-16(20)22/h3-11H,12H2,1-2H3/b6-3+. The van der Waals surface area contributed by atoms with E-state index < -0.39 is 16.5 Å². The molecule has 0 aliphatic carbocycles. The lowest BCUT2D eigenvalue weighted by atomic mass is 10.1. The number of aryl methyl sites for hydroxylation is 1. The summed E-state index contributed by atoms with van der Waals surface area (Å²) in [6.45, 7) is 0.0792. The number of hydrogen-bond acceptors (Lipinski definition) is 6. The molecular formula is C21H17ClFN3O5. The summed E-state index contributed by atoms with van der Waals surface area (Å²) in [6.07, 6.45) is 3.89. The Kier molecular flexibility index (Phi) is 6.66. The minimum atomic E-state index is -0.655. The van der Waals surface area contributed by atoms with Gasteiger partial charge in [0.15, 0.2) is 0 Å². The summed E-state index contributed by atoms with van der Waals surface area (Å²) in [5.41, 5.74) is 0.682. The Morgan fingerprint density at radius 1 is 1.29 bits per heavy atom. The molecular weight excluding hydrogens is 429 g/mol. The van der Waals surface area contributed by atoms with Gasteiger partial charge in [0.1, 0.15) is 30.1 Å². The highest BCUT2D eigenvalue weighted by Gasteiger charge is 2.23. The van der Waals surface area contributed by atoms with Gasteiger partial charge in [0.05, 0.1) is 17.1 Å². The van der Waals surface area contributed by atoms with Crippen LogP contribution in [0.15, 0.2) is 48.7 Å². The van der Waals surface area contributed by atoms with Crippen molar-refractivity contribution in [1.29, 1.82) is 0 Å². The zero-order chi connectivity index (χ0) is 22.5. The molecule has 0 bridgehead atoms. The molecule has 0 saturated heterocycles. The lowest BCUT2D eigenvalue weighted by molar-refractivity contribution is -0.385. The van der Waals surface area contributed by atoms with Crippen LogP contribution in [0.25, 0.3) is 6.08 Å². The zero-order valence-corrected chi connectivity index (χ0v) is 17.3. The van der Waals surface area contributed by atoms with Gasteiger partial charge in [-0.1, -0.05) is 23.7 Å². The number of aromatic nitrogens is 2. The number of hydrogen-bond donors (Lipinski definition) is 0. The van der Waals surface area contributed by atoms with Crippen LogP contribution in [-0.2, 0) is 13.7 Å². The Labute approximate surface area is 181 Å². The predicted octanol–water partition coefficient (Wildman–Crippen LogP) is 4.60. The second-order valence-corrected chi connectivity index (χ2v) is 6.83. The summed E-state index contributed by atoms with van der Waals surface area (Å²) >= 11 is 5.98. The Morgan fingerprint density at radius 2 is 2.03 bits per heavy atom. The van der Waals surface area contributed by atoms with Gasteiger partial charge >= 0.3 is 5.69 Å². The van der Waals surface area contributed by atoms with Crippen molar-refractivity contribution in [2.75, 3.05) is 7.11 Å². The molecule has 160 valence electrons. The minimum absolute atomic E-state index is 0.0792. The number of carbonyl (C=O) groups excluding carboxylic acids is 1. The third-order valence-corrected chi connectivity index (χ3v) is 4.54. The molecule has 10 heteroatoms. The fraction of sp³-hybridized carbons (Fsp3) is 0.143. The molecule has 0 saturated carbocycles. The molecule has 0 spiro atoms. The molecule has 2 aromatic carbocycles. The SMILES string of the molecule is COc1ccc(/C=C/C(=O)c2nn(C)cc2[N+](=O)[O-])cc1COc1ccc(F)cc1Cl. The van der Waals surface area contributed by atoms with E-state index in [2.05, 4.69) is 5.10 Å². The van der Waals surface area contributed by atoms with Gasteiger partial charge in [0.2, 0.25) is 11.5 Å². The number of ketones is 1. The minimum Gasteiger partial charge on any atom is -0.496 e. The van der Waals surface area contributed by atoms with E-state index in [0.717, 1.165) is 6.07 Å². The first-order valence-corrected chi connectivity index (χ1v) is 9.31. The fourth-order valence-electron chi connectivity index (χ4n) is 2.80. The molecule has 3 aromatic rings. The molecule has 0 N–H and O–H groups in total. The fourth-order valence-corrected chi connectivity index (χ4v) is 3.02. The predicted molar refractivity (Wildman–Crippen MR) is 112 cm³/mol. The number of rotatable bonds is 8. The average molecular weight is 446 g/mol. The first kappa shape index (κ1) is 22.0. The number of nitro groups is 1. The molecule has 0 aliphatic rings. The van der Waals surface area contributed by atoms with E-state index in [0.29, 0.717) is 22.6 Å². The quantitative estimate of drug-likeness (QED) is 0.217. The van der Waals surface area contributed by atoms with Gasteiger partial charge in [-0.05, 0) is 42.0 Å². The number of benzene rings is 2. The first-order valence-electron chi connectivity index (χ1n) is 8.93. The van der Waals surface area contributed by atoms with E-state index in [1.165, 1.54) is 49.3 Å². The second-order valence-electron chi connectivity index (χ2n) is 6.43. The molecule has 1 aromatic heterocycles. The summed E-state index contributed by atoms with van der Waals surface area (Å²) in [4.78, 5) is 22.8. The maximum Gasteiger partial charge on any atom is 0.318 e. The molecule has 3 rings (SSSR count). The monoisotopic (exact) mass is 445 g/mol. The van der Waals surface area contributed by atoms with E-state index in [-0.39, 0.29) is 23.0 Å². The molecule has 1 heterocycles. The average Bonchev–Trinajstić information content (AvgIpc) is 3.13. The lowest BCUT2D eigenvalue weighted by Crippen LogP contribution is -2.01. The molecule has 0 fully saturated rings. The largest absolute Gasteiger partial charge is 0.496 e. The van der Waals surface area contributed by atoms with E-state index >= 15 is 0 Å². The Balaban J connectivity index is 1.80. The van der Waals surface area contributed by atoms with Gasteiger partial charge in [-0.25, -0.2) is 4.39 Å². The third-order valence-electron chi connectivity index (χ3n) is 4.25. The van der Waals surface area contributed by atoms with Gasteiger partial charge in [0.25, 0.3) is 0 Å². The number of methoxy groups -OCH3 is 1. The van der Waals surface area contributed by atoms with Crippen LogP contribution in [0.3, 0.4) is 0 Å². The molecule has 0 amide bonds. The van der Waals surface area contributed by atoms with Crippen molar-refractivity contribution in [1.82, 2.24) is 9.78 Å². The number of carbonyl (C=O) groups is 1. The second kappa shape index (κ2) is 9.40. The Bertz CT molecular complexity index is 1180. The van der Waals surface area contributed by atoms with Gasteiger partial charge in [-0.2, -0.15) is 5.10 Å². The topological polar surface area (TPSA) is 96.5 Å². The number of nitrogens with zero attached hydrogens (tertiary/aromatic N) is 3. The van der Waals surface area contributed by atoms with Crippen LogP contribution < -0.4 is 9.47 Å². The van der Waals surface area contributed by atoms with Crippen molar-refractivity contribution < 1.29 is 23.6 Å². The summed E-state index contributed by atoms with van der Waals surface area (Å²) in [5.74, 6) is -0.218. The Morgan fingerprint density at radius 3 is 2.71 bits per heavy atom. The van der Waals surface area contributed by atoms with Crippen LogP contribution in [0.2, 0.25) is 5.02 Å². The van der Waals surface area contributed by atoms with Crippen molar-refractivity contribution in [3.63, 3.8) is 0 Å². The number of allylic oxidation sites excluding steroid dienone is 1. The highest BCUT2D eigenvalue weighted by Crippen LogP contribution is 2.28. The summed E-state index contributed by atoms with van der Waals surface area (Å²) in [6, 6.07) is 8.94. The van der Waals surface area contributed by atoms with Crippen LogP contribution in [0, 0.1) is 15.9 Å². The van der Waals surface area contributed by atoms with E-state index in [1.54, 1.807) is 18.2 Å². The van der Waals surface area contributed by atoms with Crippen LogP contribution in [0.1, 0.15) is 21.6 Å². The van der Waals surface area contributed by atoms with Crippen molar-refractivity contribution in [2.45, 2.75) is 6.61 Å². The van der Waals surface area contributed by atoms with Gasteiger partial charge in [-0.15, -0.1) is 0 Å². The summed E-state index contributed by atoms with van der Waals surface area (Å²) in [5, 5.41) is 15.1. The van der Waals surface area contributed by atoms with Crippen LogP contribution in [0.5, 0.6) is 11.5 Å². The number of halogens is 2. The van der Waals surface area contributed by atoms with Gasteiger partial charge in [0, 0.05) is 12.6 Å². The normalized spacial score (nSPS) is 11.0. The molecule has 0 aliphatic heterocycles. The lowest BCUT2D eigenvalue weighted by Gasteiger charge is -2.12. The van der Waals surface area contributed by atoms with E-state index in [1.807, 2.05) is 0 Å². The third kappa shape index (κ3) is 5.26. The van der Waals surface area contributed by atoms with Gasteiger partial charge in [-0.3, -0.25) is 19.6 Å². The highest BCUT2D eigenvalue weighted by atomic mass is 35.5. The van der Waals surface area contributed by atoms with E-state index in [4.69, 9.17) is 21.1 Å². The molecule has 0 radical (unpaired) electrons. The summed E-state index contributed by atoms with van der Waals surface area (Å²) < 4.78 is 25.4. The van der Waals surface area contributed by atoms with E-state index in [9.17, 15) is 19.3 Å². The van der Waals surface area contributed by atoms with Crippen LogP contribution in [0.4, 0.5) is 10.1 Å². The molecule has 0 unspecified atom stereocenters. The molecule has 0 atom stereocenters. The maximum absolute atomic E-state index is 13.2. The van der Waals surface area contributed by atoms with Crippen molar-refractivity contribution in [3.8, 4) is 11.5 Å². The molecule has 8 nitrogen and oxygen atoms in total. The number of ether oxygens (including phenoxy) is 2. The highest BCUT2D eigenvalue weighted by molar-refractivity contribution is 6.32.